The zero-order chi connectivity index (χ0) is 25.3. The molecule has 36 heavy (non-hydrogen) atoms. The number of aromatic nitrogens is 3. The average molecular weight is 493 g/mol. The number of nitrogens with zero attached hydrogens (tertiary/aromatic N) is 4. The molecule has 0 spiro atoms. The molecule has 1 aliphatic rings. The van der Waals surface area contributed by atoms with Crippen molar-refractivity contribution < 1.29 is 4.79 Å². The maximum atomic E-state index is 12.2. The fraction of sp³-hybridized carbons (Fsp3) is 0.519. The Morgan fingerprint density at radius 3 is 2.86 bits per heavy atom. The van der Waals surface area contributed by atoms with Crippen LogP contribution in [0.15, 0.2) is 36.7 Å². The van der Waals surface area contributed by atoms with Crippen LogP contribution in [-0.2, 0) is 11.3 Å². The van der Waals surface area contributed by atoms with E-state index in [1.165, 1.54) is 18.4 Å². The number of amides is 1. The van der Waals surface area contributed by atoms with E-state index in [4.69, 9.17) is 0 Å². The van der Waals surface area contributed by atoms with Gasteiger partial charge in [-0.3, -0.25) is 9.69 Å². The molecule has 9 nitrogen and oxygen atoms in total. The van der Waals surface area contributed by atoms with Crippen molar-refractivity contribution in [3.8, 4) is 5.69 Å². The first-order valence-electron chi connectivity index (χ1n) is 13.2. The SMILES string of the molecule is CCCNc1nc(NC)nc2cc(-n3ccc(CNCCC(=O)NCC4CCCN4CC)c3)ccc12. The molecule has 1 saturated heterocycles. The summed E-state index contributed by atoms with van der Waals surface area (Å²) in [6, 6.07) is 8.85. The van der Waals surface area contributed by atoms with Gasteiger partial charge < -0.3 is 25.8 Å². The van der Waals surface area contributed by atoms with Gasteiger partial charge in [0.05, 0.1) is 5.52 Å². The normalized spacial score (nSPS) is 15.9. The standard InChI is InChI=1S/C27H40N8O/c1-4-12-30-26-23-9-8-21(16-24(23)32-27(28-3)33-26)35-15-11-20(19-35)17-29-13-10-25(36)31-18-22-7-6-14-34(22)5-2/h8-9,11,15-16,19,22,29H,4-7,10,12-14,17-18H2,1-3H3,(H,31,36)(H2,28,30,32,33). The van der Waals surface area contributed by atoms with Crippen molar-refractivity contribution >= 4 is 28.6 Å². The predicted molar refractivity (Wildman–Crippen MR) is 147 cm³/mol. The number of nitrogens with one attached hydrogen (secondary N) is 4. The molecule has 1 atom stereocenters. The van der Waals surface area contributed by atoms with Gasteiger partial charge >= 0.3 is 0 Å². The second-order valence-electron chi connectivity index (χ2n) is 9.36. The van der Waals surface area contributed by atoms with Gasteiger partial charge in [-0.25, -0.2) is 4.98 Å². The monoisotopic (exact) mass is 492 g/mol. The molecule has 4 rings (SSSR count). The second kappa shape index (κ2) is 12.7. The Labute approximate surface area is 214 Å². The fourth-order valence-electron chi connectivity index (χ4n) is 4.77. The zero-order valence-corrected chi connectivity index (χ0v) is 21.8. The molecule has 1 aromatic carbocycles. The Kier molecular flexibility index (Phi) is 9.13. The summed E-state index contributed by atoms with van der Waals surface area (Å²) in [5.41, 5.74) is 3.11. The molecule has 0 saturated carbocycles. The summed E-state index contributed by atoms with van der Waals surface area (Å²) in [6.07, 6.45) is 8.11. The van der Waals surface area contributed by atoms with E-state index in [-0.39, 0.29) is 5.91 Å². The molecular formula is C27H40N8O. The second-order valence-corrected chi connectivity index (χ2v) is 9.36. The lowest BCUT2D eigenvalue weighted by atomic mass is 10.2. The first-order valence-corrected chi connectivity index (χ1v) is 13.2. The highest BCUT2D eigenvalue weighted by atomic mass is 16.1. The third-order valence-electron chi connectivity index (χ3n) is 6.80. The van der Waals surface area contributed by atoms with E-state index in [0.717, 1.165) is 61.6 Å². The number of benzene rings is 1. The van der Waals surface area contributed by atoms with E-state index >= 15 is 0 Å². The predicted octanol–water partition coefficient (Wildman–Crippen LogP) is 3.36. The van der Waals surface area contributed by atoms with Gasteiger partial charge in [0.1, 0.15) is 5.82 Å². The minimum atomic E-state index is 0.120. The number of fused-ring (bicyclic) bond motifs is 1. The van der Waals surface area contributed by atoms with Crippen LogP contribution in [-0.4, -0.2) is 71.2 Å². The Morgan fingerprint density at radius 1 is 1.17 bits per heavy atom. The summed E-state index contributed by atoms with van der Waals surface area (Å²) < 4.78 is 2.10. The minimum Gasteiger partial charge on any atom is -0.369 e. The topological polar surface area (TPSA) is 99.1 Å². The summed E-state index contributed by atoms with van der Waals surface area (Å²) in [7, 11) is 1.83. The zero-order valence-electron chi connectivity index (χ0n) is 21.8. The van der Waals surface area contributed by atoms with Gasteiger partial charge in [0.25, 0.3) is 0 Å². The third kappa shape index (κ3) is 6.53. The van der Waals surface area contributed by atoms with Gasteiger partial charge in [0.2, 0.25) is 11.9 Å². The van der Waals surface area contributed by atoms with Crippen molar-refractivity contribution in [2.24, 2.45) is 0 Å². The van der Waals surface area contributed by atoms with E-state index in [1.807, 2.05) is 7.05 Å². The van der Waals surface area contributed by atoms with E-state index in [9.17, 15) is 4.79 Å². The Bertz CT molecular complexity index is 1140. The Hall–Kier alpha value is -3.17. The lowest BCUT2D eigenvalue weighted by molar-refractivity contribution is -0.121. The van der Waals surface area contributed by atoms with Crippen molar-refractivity contribution in [3.05, 3.63) is 42.2 Å². The van der Waals surface area contributed by atoms with E-state index < -0.39 is 0 Å². The van der Waals surface area contributed by atoms with E-state index in [2.05, 4.69) is 91.2 Å². The van der Waals surface area contributed by atoms with Crippen LogP contribution in [0.25, 0.3) is 16.6 Å². The van der Waals surface area contributed by atoms with Gasteiger partial charge in [0.15, 0.2) is 0 Å². The first kappa shape index (κ1) is 25.9. The number of hydrogen-bond acceptors (Lipinski definition) is 7. The third-order valence-corrected chi connectivity index (χ3v) is 6.80. The van der Waals surface area contributed by atoms with Crippen LogP contribution in [0.5, 0.6) is 0 Å². The van der Waals surface area contributed by atoms with Crippen LogP contribution in [0.1, 0.15) is 45.1 Å². The smallest absolute Gasteiger partial charge is 0.224 e. The molecule has 0 bridgehead atoms. The number of carbonyl (C=O) groups is 1. The van der Waals surface area contributed by atoms with Crippen molar-refractivity contribution in [3.63, 3.8) is 0 Å². The molecule has 0 aliphatic carbocycles. The molecule has 1 fully saturated rings. The number of anilines is 2. The quantitative estimate of drug-likeness (QED) is 0.272. The molecule has 1 aliphatic heterocycles. The van der Waals surface area contributed by atoms with Crippen molar-refractivity contribution in [1.29, 1.82) is 0 Å². The summed E-state index contributed by atoms with van der Waals surface area (Å²) in [4.78, 5) is 23.9. The molecule has 3 heterocycles. The fourth-order valence-corrected chi connectivity index (χ4v) is 4.77. The van der Waals surface area contributed by atoms with Gasteiger partial charge in [-0.15, -0.1) is 0 Å². The average Bonchev–Trinajstić information content (AvgIpc) is 3.57. The van der Waals surface area contributed by atoms with Crippen LogP contribution in [0.4, 0.5) is 11.8 Å². The maximum Gasteiger partial charge on any atom is 0.224 e. The van der Waals surface area contributed by atoms with Crippen LogP contribution in [0, 0.1) is 0 Å². The molecule has 0 radical (unpaired) electrons. The molecule has 194 valence electrons. The van der Waals surface area contributed by atoms with E-state index in [1.54, 1.807) is 0 Å². The molecule has 9 heteroatoms. The Balaban J connectivity index is 1.29. The number of hydrogen-bond donors (Lipinski definition) is 4. The number of likely N-dealkylation sites (N-methyl/N-ethyl adjacent to an activating group) is 1. The van der Waals surface area contributed by atoms with Crippen LogP contribution < -0.4 is 21.3 Å². The summed E-state index contributed by atoms with van der Waals surface area (Å²) in [5.74, 6) is 1.57. The number of likely N-dealkylation sites (tertiary alicyclic amines) is 1. The van der Waals surface area contributed by atoms with Gasteiger partial charge in [-0.1, -0.05) is 13.8 Å². The lowest BCUT2D eigenvalue weighted by Gasteiger charge is -2.22. The molecule has 2 aromatic heterocycles. The van der Waals surface area contributed by atoms with E-state index in [0.29, 0.717) is 25.0 Å². The van der Waals surface area contributed by atoms with Gasteiger partial charge in [0, 0.05) is 69.2 Å². The van der Waals surface area contributed by atoms with Crippen molar-refractivity contribution in [2.45, 2.75) is 52.1 Å². The van der Waals surface area contributed by atoms with Crippen molar-refractivity contribution in [2.75, 3.05) is 50.4 Å². The van der Waals surface area contributed by atoms with Gasteiger partial charge in [-0.05, 0) is 62.2 Å². The molecule has 4 N–H and O–H groups in total. The van der Waals surface area contributed by atoms with Crippen LogP contribution in [0.3, 0.4) is 0 Å². The van der Waals surface area contributed by atoms with Crippen LogP contribution >= 0.6 is 0 Å². The number of carbonyl (C=O) groups excluding carboxylic acids is 1. The number of rotatable bonds is 13. The maximum absolute atomic E-state index is 12.2. The largest absolute Gasteiger partial charge is 0.369 e. The Morgan fingerprint density at radius 2 is 2.06 bits per heavy atom. The van der Waals surface area contributed by atoms with Crippen molar-refractivity contribution in [1.82, 2.24) is 30.1 Å². The first-order chi connectivity index (χ1) is 17.6. The highest BCUT2D eigenvalue weighted by Crippen LogP contribution is 2.25. The molecule has 1 unspecified atom stereocenters. The summed E-state index contributed by atoms with van der Waals surface area (Å²) >= 11 is 0. The highest BCUT2D eigenvalue weighted by Gasteiger charge is 2.22. The van der Waals surface area contributed by atoms with Crippen LogP contribution in [0.2, 0.25) is 0 Å². The van der Waals surface area contributed by atoms with Gasteiger partial charge in [-0.2, -0.15) is 4.98 Å². The lowest BCUT2D eigenvalue weighted by Crippen LogP contribution is -2.40. The summed E-state index contributed by atoms with van der Waals surface area (Å²) in [6.45, 7) is 9.54. The highest BCUT2D eigenvalue weighted by molar-refractivity contribution is 5.91. The molecular weight excluding hydrogens is 452 g/mol. The minimum absolute atomic E-state index is 0.120. The molecule has 1 amide bonds. The summed E-state index contributed by atoms with van der Waals surface area (Å²) in [5, 5.41) is 14.0. The molecule has 3 aromatic rings.